The minimum Gasteiger partial charge on any atom is -0.307 e. The Bertz CT molecular complexity index is 1160. The number of H-pyrrole nitrogens is 1. The summed E-state index contributed by atoms with van der Waals surface area (Å²) in [6.07, 6.45) is 3.72. The summed E-state index contributed by atoms with van der Waals surface area (Å²) in [5.41, 5.74) is 4.93. The average Bonchev–Trinajstić information content (AvgIpc) is 3.22. The molecule has 4 rings (SSSR count). The van der Waals surface area contributed by atoms with Gasteiger partial charge in [-0.1, -0.05) is 30.3 Å². The van der Waals surface area contributed by atoms with Crippen LogP contribution in [0.15, 0.2) is 77.9 Å². The average molecular weight is 385 g/mol. The standard InChI is InChI=1S/C23H23N5O/c1-17-12-22(29)26-23(25-17)20-8-3-6-18(13-20)15-27(2)16-19-7-4-9-21(14-19)28-11-5-10-24-28/h3-14H,15-16H2,1-2H3,(H,25,26,29). The minimum absolute atomic E-state index is 0.132. The van der Waals surface area contributed by atoms with Crippen LogP contribution in [0.4, 0.5) is 0 Å². The van der Waals surface area contributed by atoms with Crippen molar-refractivity contribution in [3.8, 4) is 17.1 Å². The van der Waals surface area contributed by atoms with Crippen LogP contribution in [0.25, 0.3) is 17.1 Å². The number of rotatable bonds is 6. The van der Waals surface area contributed by atoms with Crippen molar-refractivity contribution in [2.45, 2.75) is 20.0 Å². The molecule has 2 heterocycles. The highest BCUT2D eigenvalue weighted by Crippen LogP contribution is 2.18. The SMILES string of the molecule is Cc1cc(=O)[nH]c(-c2cccc(CN(C)Cc3cccc(-n4cccn4)c3)c2)n1. The lowest BCUT2D eigenvalue weighted by molar-refractivity contribution is 0.319. The molecule has 146 valence electrons. The lowest BCUT2D eigenvalue weighted by atomic mass is 10.1. The normalized spacial score (nSPS) is 11.1. The topological polar surface area (TPSA) is 66.8 Å². The number of aryl methyl sites for hydroxylation is 1. The Morgan fingerprint density at radius 3 is 2.48 bits per heavy atom. The smallest absolute Gasteiger partial charge is 0.251 e. The Labute approximate surface area is 169 Å². The molecule has 6 nitrogen and oxygen atoms in total. The first kappa shape index (κ1) is 18.8. The Kier molecular flexibility index (Phi) is 5.35. The van der Waals surface area contributed by atoms with Gasteiger partial charge in [-0.2, -0.15) is 5.10 Å². The van der Waals surface area contributed by atoms with Gasteiger partial charge in [0.2, 0.25) is 0 Å². The summed E-state index contributed by atoms with van der Waals surface area (Å²) in [5.74, 6) is 0.603. The first-order valence-corrected chi connectivity index (χ1v) is 9.51. The summed E-state index contributed by atoms with van der Waals surface area (Å²) in [6, 6.07) is 19.9. The maximum absolute atomic E-state index is 11.8. The molecule has 0 aliphatic rings. The van der Waals surface area contributed by atoms with Crippen LogP contribution in [0.1, 0.15) is 16.8 Å². The molecule has 0 saturated heterocycles. The van der Waals surface area contributed by atoms with Crippen molar-refractivity contribution in [2.75, 3.05) is 7.05 Å². The highest BCUT2D eigenvalue weighted by atomic mass is 16.1. The van der Waals surface area contributed by atoms with E-state index in [1.165, 1.54) is 11.6 Å². The number of hydrogen-bond acceptors (Lipinski definition) is 4. The molecule has 0 fully saturated rings. The molecule has 0 aliphatic carbocycles. The molecule has 1 N–H and O–H groups in total. The third-order valence-electron chi connectivity index (χ3n) is 4.65. The molecular formula is C23H23N5O. The number of hydrogen-bond donors (Lipinski definition) is 1. The molecule has 2 aromatic carbocycles. The van der Waals surface area contributed by atoms with Crippen LogP contribution in [0, 0.1) is 6.92 Å². The number of nitrogens with one attached hydrogen (secondary N) is 1. The highest BCUT2D eigenvalue weighted by Gasteiger charge is 2.07. The number of nitrogens with zero attached hydrogens (tertiary/aromatic N) is 4. The molecule has 6 heteroatoms. The van der Waals surface area contributed by atoms with Crippen molar-refractivity contribution in [2.24, 2.45) is 0 Å². The molecule has 0 aliphatic heterocycles. The van der Waals surface area contributed by atoms with Gasteiger partial charge in [-0.3, -0.25) is 9.69 Å². The molecule has 2 aromatic heterocycles. The van der Waals surface area contributed by atoms with Crippen molar-refractivity contribution < 1.29 is 0 Å². The van der Waals surface area contributed by atoms with Gasteiger partial charge in [0, 0.05) is 42.8 Å². The molecule has 0 atom stereocenters. The Hall–Kier alpha value is -3.51. The van der Waals surface area contributed by atoms with Gasteiger partial charge in [0.1, 0.15) is 5.82 Å². The largest absolute Gasteiger partial charge is 0.307 e. The molecule has 0 radical (unpaired) electrons. The molecule has 0 bridgehead atoms. The van der Waals surface area contributed by atoms with E-state index >= 15 is 0 Å². The lowest BCUT2D eigenvalue weighted by Gasteiger charge is -2.18. The number of aromatic nitrogens is 4. The number of aromatic amines is 1. The zero-order valence-corrected chi connectivity index (χ0v) is 16.5. The third kappa shape index (κ3) is 4.67. The van der Waals surface area contributed by atoms with Crippen LogP contribution in [0.5, 0.6) is 0 Å². The van der Waals surface area contributed by atoms with E-state index in [0.717, 1.165) is 29.9 Å². The summed E-state index contributed by atoms with van der Waals surface area (Å²) in [4.78, 5) is 21.3. The molecule has 4 aromatic rings. The van der Waals surface area contributed by atoms with Crippen molar-refractivity contribution in [3.05, 3.63) is 100 Å². The summed E-state index contributed by atoms with van der Waals surface area (Å²) in [7, 11) is 2.10. The summed E-state index contributed by atoms with van der Waals surface area (Å²) < 4.78 is 1.86. The van der Waals surface area contributed by atoms with Crippen molar-refractivity contribution in [3.63, 3.8) is 0 Å². The zero-order valence-electron chi connectivity index (χ0n) is 16.5. The Morgan fingerprint density at radius 1 is 1.00 bits per heavy atom. The third-order valence-corrected chi connectivity index (χ3v) is 4.65. The quantitative estimate of drug-likeness (QED) is 0.551. The molecule has 29 heavy (non-hydrogen) atoms. The maximum Gasteiger partial charge on any atom is 0.251 e. The Balaban J connectivity index is 1.48. The van der Waals surface area contributed by atoms with Crippen LogP contribution in [0.3, 0.4) is 0 Å². The molecule has 0 saturated carbocycles. The van der Waals surface area contributed by atoms with Crippen LogP contribution in [-0.2, 0) is 13.1 Å². The van der Waals surface area contributed by atoms with Gasteiger partial charge in [-0.15, -0.1) is 0 Å². The molecule has 0 spiro atoms. The lowest BCUT2D eigenvalue weighted by Crippen LogP contribution is -2.17. The predicted molar refractivity (Wildman–Crippen MR) is 114 cm³/mol. The van der Waals surface area contributed by atoms with Crippen molar-refractivity contribution >= 4 is 0 Å². The van der Waals surface area contributed by atoms with Crippen molar-refractivity contribution in [1.29, 1.82) is 0 Å². The van der Waals surface area contributed by atoms with E-state index in [4.69, 9.17) is 0 Å². The van der Waals surface area contributed by atoms with E-state index in [1.54, 1.807) is 6.20 Å². The fourth-order valence-corrected chi connectivity index (χ4v) is 3.43. The van der Waals surface area contributed by atoms with E-state index in [9.17, 15) is 4.79 Å². The van der Waals surface area contributed by atoms with Gasteiger partial charge in [0.25, 0.3) is 5.56 Å². The van der Waals surface area contributed by atoms with Gasteiger partial charge in [0.05, 0.1) is 5.69 Å². The fourth-order valence-electron chi connectivity index (χ4n) is 3.43. The summed E-state index contributed by atoms with van der Waals surface area (Å²) in [5, 5.41) is 4.30. The minimum atomic E-state index is -0.132. The van der Waals surface area contributed by atoms with E-state index in [0.29, 0.717) is 11.5 Å². The van der Waals surface area contributed by atoms with Crippen LogP contribution in [-0.4, -0.2) is 31.7 Å². The first-order valence-electron chi connectivity index (χ1n) is 9.51. The van der Waals surface area contributed by atoms with Gasteiger partial charge in [-0.05, 0) is 49.4 Å². The molecule has 0 unspecified atom stereocenters. The second-order valence-corrected chi connectivity index (χ2v) is 7.23. The highest BCUT2D eigenvalue weighted by molar-refractivity contribution is 5.56. The fraction of sp³-hybridized carbons (Fsp3) is 0.174. The zero-order chi connectivity index (χ0) is 20.2. The number of benzene rings is 2. The van der Waals surface area contributed by atoms with E-state index < -0.39 is 0 Å². The van der Waals surface area contributed by atoms with Gasteiger partial charge in [0.15, 0.2) is 0 Å². The summed E-state index contributed by atoms with van der Waals surface area (Å²) in [6.45, 7) is 3.43. The molecule has 0 amide bonds. The van der Waals surface area contributed by atoms with E-state index in [1.807, 2.05) is 36.0 Å². The second-order valence-electron chi connectivity index (χ2n) is 7.23. The second kappa shape index (κ2) is 8.24. The predicted octanol–water partition coefficient (Wildman–Crippen LogP) is 3.56. The Morgan fingerprint density at radius 2 is 1.76 bits per heavy atom. The van der Waals surface area contributed by atoms with E-state index in [2.05, 4.69) is 63.4 Å². The van der Waals surface area contributed by atoms with Crippen molar-refractivity contribution in [1.82, 2.24) is 24.6 Å². The van der Waals surface area contributed by atoms with Gasteiger partial charge >= 0.3 is 0 Å². The van der Waals surface area contributed by atoms with Crippen LogP contribution < -0.4 is 5.56 Å². The van der Waals surface area contributed by atoms with Crippen LogP contribution in [0.2, 0.25) is 0 Å². The van der Waals surface area contributed by atoms with Crippen LogP contribution >= 0.6 is 0 Å². The van der Waals surface area contributed by atoms with Gasteiger partial charge in [-0.25, -0.2) is 9.67 Å². The first-order chi connectivity index (χ1) is 14.1. The maximum atomic E-state index is 11.8. The monoisotopic (exact) mass is 385 g/mol. The summed E-state index contributed by atoms with van der Waals surface area (Å²) >= 11 is 0. The molecular weight excluding hydrogens is 362 g/mol. The van der Waals surface area contributed by atoms with E-state index in [-0.39, 0.29) is 5.56 Å². The van der Waals surface area contributed by atoms with Gasteiger partial charge < -0.3 is 4.98 Å².